The lowest BCUT2D eigenvalue weighted by Gasteiger charge is -2.05. The molecule has 1 heterocycles. The number of nitrogens with zero attached hydrogens (tertiary/aromatic N) is 1. The van der Waals surface area contributed by atoms with Crippen molar-refractivity contribution in [3.63, 3.8) is 0 Å². The quantitative estimate of drug-likeness (QED) is 0.412. The van der Waals surface area contributed by atoms with Crippen LogP contribution in [0, 0.1) is 0 Å². The first kappa shape index (κ1) is 14.9. The van der Waals surface area contributed by atoms with E-state index < -0.39 is 5.97 Å². The Morgan fingerprint density at radius 3 is 2.89 bits per heavy atom. The standard InChI is InChI=1S/C12H16ClNO4/c1-16-7-8-17-5-2-6-18-12(15)10-3-4-14-11(13)9-10/h3-4,9H,2,5-8H2,1H3. The van der Waals surface area contributed by atoms with Gasteiger partial charge in [0.15, 0.2) is 0 Å². The third-order valence-corrected chi connectivity index (χ3v) is 2.27. The summed E-state index contributed by atoms with van der Waals surface area (Å²) >= 11 is 5.67. The van der Waals surface area contributed by atoms with Gasteiger partial charge in [0.25, 0.3) is 0 Å². The third-order valence-electron chi connectivity index (χ3n) is 2.06. The molecule has 0 aliphatic heterocycles. The molecule has 1 aromatic heterocycles. The van der Waals surface area contributed by atoms with E-state index in [-0.39, 0.29) is 5.15 Å². The van der Waals surface area contributed by atoms with Crippen molar-refractivity contribution in [3.8, 4) is 0 Å². The van der Waals surface area contributed by atoms with E-state index in [9.17, 15) is 4.79 Å². The molecule has 100 valence electrons. The monoisotopic (exact) mass is 273 g/mol. The zero-order valence-corrected chi connectivity index (χ0v) is 11.0. The maximum absolute atomic E-state index is 11.6. The molecule has 18 heavy (non-hydrogen) atoms. The molecule has 0 saturated heterocycles. The summed E-state index contributed by atoms with van der Waals surface area (Å²) in [7, 11) is 1.62. The second-order valence-corrected chi connectivity index (χ2v) is 3.85. The first-order chi connectivity index (χ1) is 8.74. The Morgan fingerprint density at radius 2 is 2.17 bits per heavy atom. The predicted octanol–water partition coefficient (Wildman–Crippen LogP) is 1.94. The van der Waals surface area contributed by atoms with E-state index in [0.29, 0.717) is 38.4 Å². The van der Waals surface area contributed by atoms with Crippen LogP contribution in [-0.4, -0.2) is 44.5 Å². The molecule has 0 atom stereocenters. The van der Waals surface area contributed by atoms with E-state index in [2.05, 4.69) is 4.98 Å². The van der Waals surface area contributed by atoms with Gasteiger partial charge in [0.1, 0.15) is 5.15 Å². The average Bonchev–Trinajstić information content (AvgIpc) is 2.37. The number of carbonyl (C=O) groups excluding carboxylic acids is 1. The van der Waals surface area contributed by atoms with Gasteiger partial charge >= 0.3 is 5.97 Å². The normalized spacial score (nSPS) is 10.3. The SMILES string of the molecule is COCCOCCCOC(=O)c1ccnc(Cl)c1. The zero-order valence-electron chi connectivity index (χ0n) is 10.2. The van der Waals surface area contributed by atoms with E-state index in [1.165, 1.54) is 12.3 Å². The summed E-state index contributed by atoms with van der Waals surface area (Å²) in [6.07, 6.45) is 2.11. The minimum absolute atomic E-state index is 0.271. The second-order valence-electron chi connectivity index (χ2n) is 3.46. The lowest BCUT2D eigenvalue weighted by molar-refractivity contribution is 0.0385. The molecule has 0 bridgehead atoms. The summed E-state index contributed by atoms with van der Waals surface area (Å²) in [4.78, 5) is 15.3. The van der Waals surface area contributed by atoms with Crippen molar-refractivity contribution in [1.82, 2.24) is 4.98 Å². The number of ether oxygens (including phenoxy) is 3. The molecular weight excluding hydrogens is 258 g/mol. The van der Waals surface area contributed by atoms with E-state index in [1.54, 1.807) is 13.2 Å². The molecule has 0 aromatic carbocycles. The Labute approximate surface area is 111 Å². The number of pyridine rings is 1. The van der Waals surface area contributed by atoms with Crippen LogP contribution < -0.4 is 0 Å². The average molecular weight is 274 g/mol. The second kappa shape index (κ2) is 8.85. The van der Waals surface area contributed by atoms with Crippen molar-refractivity contribution in [2.24, 2.45) is 0 Å². The minimum atomic E-state index is -0.406. The van der Waals surface area contributed by atoms with Crippen molar-refractivity contribution < 1.29 is 19.0 Å². The maximum atomic E-state index is 11.6. The Balaban J connectivity index is 2.14. The van der Waals surface area contributed by atoms with E-state index in [4.69, 9.17) is 25.8 Å². The van der Waals surface area contributed by atoms with E-state index >= 15 is 0 Å². The van der Waals surface area contributed by atoms with Crippen molar-refractivity contribution in [2.75, 3.05) is 33.5 Å². The van der Waals surface area contributed by atoms with Crippen molar-refractivity contribution in [2.45, 2.75) is 6.42 Å². The van der Waals surface area contributed by atoms with Gasteiger partial charge < -0.3 is 14.2 Å². The smallest absolute Gasteiger partial charge is 0.338 e. The van der Waals surface area contributed by atoms with Crippen LogP contribution in [0.5, 0.6) is 0 Å². The number of carbonyl (C=O) groups is 1. The topological polar surface area (TPSA) is 57.7 Å². The summed E-state index contributed by atoms with van der Waals surface area (Å²) in [5, 5.41) is 0.271. The van der Waals surface area contributed by atoms with Crippen molar-refractivity contribution >= 4 is 17.6 Å². The van der Waals surface area contributed by atoms with Crippen LogP contribution in [0.2, 0.25) is 5.15 Å². The van der Waals surface area contributed by atoms with Crippen LogP contribution in [0.25, 0.3) is 0 Å². The van der Waals surface area contributed by atoms with Gasteiger partial charge in [-0.1, -0.05) is 11.6 Å². The number of aromatic nitrogens is 1. The Morgan fingerprint density at radius 1 is 1.33 bits per heavy atom. The van der Waals surface area contributed by atoms with Gasteiger partial charge in [0, 0.05) is 26.3 Å². The van der Waals surface area contributed by atoms with Gasteiger partial charge in [0.05, 0.1) is 25.4 Å². The highest BCUT2D eigenvalue weighted by Gasteiger charge is 2.07. The zero-order chi connectivity index (χ0) is 13.2. The van der Waals surface area contributed by atoms with Crippen molar-refractivity contribution in [3.05, 3.63) is 29.0 Å². The van der Waals surface area contributed by atoms with Crippen LogP contribution >= 0.6 is 11.6 Å². The van der Waals surface area contributed by atoms with Gasteiger partial charge in [-0.05, 0) is 12.1 Å². The molecule has 0 unspecified atom stereocenters. The molecule has 0 fully saturated rings. The summed E-state index contributed by atoms with van der Waals surface area (Å²) < 4.78 is 15.1. The number of hydrogen-bond donors (Lipinski definition) is 0. The summed E-state index contributed by atoms with van der Waals surface area (Å²) in [6, 6.07) is 3.03. The molecule has 0 saturated carbocycles. The molecule has 1 rings (SSSR count). The lowest BCUT2D eigenvalue weighted by Crippen LogP contribution is -2.09. The number of rotatable bonds is 8. The molecular formula is C12H16ClNO4. The summed E-state index contributed by atoms with van der Waals surface area (Å²) in [5.74, 6) is -0.406. The maximum Gasteiger partial charge on any atom is 0.338 e. The van der Waals surface area contributed by atoms with Gasteiger partial charge in [-0.2, -0.15) is 0 Å². The molecule has 0 aliphatic rings. The third kappa shape index (κ3) is 5.95. The van der Waals surface area contributed by atoms with Crippen LogP contribution in [0.4, 0.5) is 0 Å². The molecule has 0 aliphatic carbocycles. The van der Waals surface area contributed by atoms with E-state index in [1.807, 2.05) is 0 Å². The Hall–Kier alpha value is -1.17. The number of esters is 1. The van der Waals surface area contributed by atoms with Crippen LogP contribution in [0.3, 0.4) is 0 Å². The van der Waals surface area contributed by atoms with Crippen molar-refractivity contribution in [1.29, 1.82) is 0 Å². The Kier molecular flexibility index (Phi) is 7.32. The van der Waals surface area contributed by atoms with Crippen LogP contribution in [0.15, 0.2) is 18.3 Å². The number of hydrogen-bond acceptors (Lipinski definition) is 5. The highest BCUT2D eigenvalue weighted by molar-refractivity contribution is 6.29. The van der Waals surface area contributed by atoms with Gasteiger partial charge in [-0.25, -0.2) is 9.78 Å². The highest BCUT2D eigenvalue weighted by Crippen LogP contribution is 2.08. The molecule has 5 nitrogen and oxygen atoms in total. The van der Waals surface area contributed by atoms with Gasteiger partial charge in [-0.3, -0.25) is 0 Å². The fraction of sp³-hybridized carbons (Fsp3) is 0.500. The molecule has 1 aromatic rings. The predicted molar refractivity (Wildman–Crippen MR) is 66.8 cm³/mol. The molecule has 0 N–H and O–H groups in total. The minimum Gasteiger partial charge on any atom is -0.462 e. The summed E-state index contributed by atoms with van der Waals surface area (Å²) in [6.45, 7) is 1.96. The first-order valence-corrected chi connectivity index (χ1v) is 5.97. The lowest BCUT2D eigenvalue weighted by atomic mass is 10.3. The molecule has 0 spiro atoms. The largest absolute Gasteiger partial charge is 0.462 e. The number of halogens is 1. The molecule has 0 radical (unpaired) electrons. The first-order valence-electron chi connectivity index (χ1n) is 5.59. The van der Waals surface area contributed by atoms with Crippen LogP contribution in [-0.2, 0) is 14.2 Å². The van der Waals surface area contributed by atoms with Gasteiger partial charge in [-0.15, -0.1) is 0 Å². The molecule has 0 amide bonds. The fourth-order valence-electron chi connectivity index (χ4n) is 1.18. The highest BCUT2D eigenvalue weighted by atomic mass is 35.5. The number of methoxy groups -OCH3 is 1. The Bertz CT molecular complexity index is 373. The fourth-order valence-corrected chi connectivity index (χ4v) is 1.36. The molecule has 6 heteroatoms. The van der Waals surface area contributed by atoms with Gasteiger partial charge in [0.2, 0.25) is 0 Å². The van der Waals surface area contributed by atoms with E-state index in [0.717, 1.165) is 0 Å². The van der Waals surface area contributed by atoms with Crippen LogP contribution in [0.1, 0.15) is 16.8 Å². The summed E-state index contributed by atoms with van der Waals surface area (Å²) in [5.41, 5.74) is 0.398.